The van der Waals surface area contributed by atoms with Crippen molar-refractivity contribution >= 4 is 17.6 Å². The van der Waals surface area contributed by atoms with Gasteiger partial charge in [-0.15, -0.1) is 0 Å². The lowest BCUT2D eigenvalue weighted by molar-refractivity contribution is -0.384. The molecular weight excluding hydrogens is 352 g/mol. The number of piperidine rings is 1. The number of likely N-dealkylation sites (tertiary alicyclic amines) is 1. The summed E-state index contributed by atoms with van der Waals surface area (Å²) < 4.78 is 10.5. The molecule has 1 atom stereocenters. The van der Waals surface area contributed by atoms with Gasteiger partial charge in [-0.2, -0.15) is 0 Å². The average molecular weight is 372 g/mol. The number of benzene rings is 1. The number of nitrogens with zero attached hydrogens (tertiary/aromatic N) is 2. The van der Waals surface area contributed by atoms with Gasteiger partial charge in [0.05, 0.1) is 4.92 Å². The predicted octanol–water partition coefficient (Wildman–Crippen LogP) is 3.41. The zero-order chi connectivity index (χ0) is 19.4. The monoisotopic (exact) mass is 372 g/mol. The molecule has 8 heteroatoms. The van der Waals surface area contributed by atoms with Crippen molar-refractivity contribution in [2.45, 2.75) is 32.2 Å². The van der Waals surface area contributed by atoms with E-state index >= 15 is 0 Å². The van der Waals surface area contributed by atoms with Gasteiger partial charge in [0.2, 0.25) is 5.76 Å². The van der Waals surface area contributed by atoms with Crippen LogP contribution in [0.4, 0.5) is 5.69 Å². The maximum absolute atomic E-state index is 12.2. The topological polar surface area (TPSA) is 103 Å². The highest BCUT2D eigenvalue weighted by atomic mass is 16.6. The number of furan rings is 1. The van der Waals surface area contributed by atoms with Gasteiger partial charge in [-0.1, -0.05) is 0 Å². The third-order valence-corrected chi connectivity index (χ3v) is 4.62. The Kier molecular flexibility index (Phi) is 5.54. The minimum absolute atomic E-state index is 0.0251. The van der Waals surface area contributed by atoms with Crippen LogP contribution in [-0.2, 0) is 9.53 Å². The van der Waals surface area contributed by atoms with E-state index in [1.54, 1.807) is 11.0 Å². The molecule has 1 fully saturated rings. The fourth-order valence-corrected chi connectivity index (χ4v) is 3.10. The van der Waals surface area contributed by atoms with E-state index in [1.165, 1.54) is 30.3 Å². The smallest absolute Gasteiger partial charge is 0.374 e. The Bertz CT molecular complexity index is 842. The maximum atomic E-state index is 12.2. The molecule has 0 unspecified atom stereocenters. The molecule has 8 nitrogen and oxygen atoms in total. The van der Waals surface area contributed by atoms with Crippen LogP contribution in [0, 0.1) is 10.1 Å². The largest absolute Gasteiger partial charge is 0.450 e. The molecule has 142 valence electrons. The van der Waals surface area contributed by atoms with Crippen LogP contribution < -0.4 is 0 Å². The van der Waals surface area contributed by atoms with Crippen LogP contribution in [0.2, 0.25) is 0 Å². The lowest BCUT2D eigenvalue weighted by Gasteiger charge is -2.33. The summed E-state index contributed by atoms with van der Waals surface area (Å²) in [5.74, 6) is -0.574. The van der Waals surface area contributed by atoms with E-state index < -0.39 is 10.9 Å². The minimum atomic E-state index is -0.721. The fourth-order valence-electron chi connectivity index (χ4n) is 3.10. The van der Waals surface area contributed by atoms with Crippen LogP contribution in [0.3, 0.4) is 0 Å². The number of hydrogen-bond acceptors (Lipinski definition) is 6. The van der Waals surface area contributed by atoms with Crippen molar-refractivity contribution < 1.29 is 23.7 Å². The van der Waals surface area contributed by atoms with Crippen LogP contribution in [0.15, 0.2) is 40.8 Å². The second-order valence-electron chi connectivity index (χ2n) is 6.48. The molecule has 0 N–H and O–H groups in total. The summed E-state index contributed by atoms with van der Waals surface area (Å²) in [5, 5.41) is 10.7. The minimum Gasteiger partial charge on any atom is -0.450 e. The molecule has 0 radical (unpaired) electrons. The first-order valence-electron chi connectivity index (χ1n) is 8.77. The normalized spacial score (nSPS) is 16.8. The number of nitro groups is 1. The lowest BCUT2D eigenvalue weighted by Crippen LogP contribution is -2.44. The van der Waals surface area contributed by atoms with Gasteiger partial charge in [0, 0.05) is 30.3 Å². The highest BCUT2D eigenvalue weighted by Crippen LogP contribution is 2.25. The molecule has 2 aromatic rings. The van der Waals surface area contributed by atoms with E-state index in [0.717, 1.165) is 19.3 Å². The second-order valence-corrected chi connectivity index (χ2v) is 6.48. The van der Waals surface area contributed by atoms with Crippen molar-refractivity contribution in [3.63, 3.8) is 0 Å². The number of ether oxygens (including phenoxy) is 1. The van der Waals surface area contributed by atoms with E-state index in [-0.39, 0.29) is 30.0 Å². The maximum Gasteiger partial charge on any atom is 0.374 e. The summed E-state index contributed by atoms with van der Waals surface area (Å²) in [6.45, 7) is 2.35. The zero-order valence-electron chi connectivity index (χ0n) is 14.9. The Hall–Kier alpha value is -3.16. The van der Waals surface area contributed by atoms with Crippen LogP contribution >= 0.6 is 0 Å². The van der Waals surface area contributed by atoms with Gasteiger partial charge >= 0.3 is 5.97 Å². The molecule has 1 aliphatic rings. The molecule has 1 aliphatic heterocycles. The van der Waals surface area contributed by atoms with Crippen molar-refractivity contribution in [3.05, 3.63) is 52.3 Å². The molecule has 0 aliphatic carbocycles. The quantitative estimate of drug-likeness (QED) is 0.453. The number of carbonyl (C=O) groups is 2. The Morgan fingerprint density at radius 1 is 1.22 bits per heavy atom. The molecule has 0 saturated carbocycles. The van der Waals surface area contributed by atoms with Crippen molar-refractivity contribution in [3.8, 4) is 11.3 Å². The molecule has 1 aromatic carbocycles. The second kappa shape index (κ2) is 8.03. The van der Waals surface area contributed by atoms with Crippen molar-refractivity contribution in [1.29, 1.82) is 0 Å². The summed E-state index contributed by atoms with van der Waals surface area (Å²) in [6, 6.07) is 8.96. The van der Waals surface area contributed by atoms with E-state index in [0.29, 0.717) is 17.9 Å². The molecule has 3 rings (SSSR count). The Morgan fingerprint density at radius 3 is 2.63 bits per heavy atom. The first-order chi connectivity index (χ1) is 13.0. The van der Waals surface area contributed by atoms with Crippen LogP contribution in [-0.4, -0.2) is 40.9 Å². The molecule has 2 heterocycles. The first kappa shape index (κ1) is 18.6. The molecule has 0 spiro atoms. The number of amides is 1. The summed E-state index contributed by atoms with van der Waals surface area (Å²) in [5.41, 5.74) is 0.563. The standard InChI is InChI=1S/C19H20N2O6/c1-13-4-2-3-11-20(13)18(22)12-26-19(23)17-10-9-16(27-17)14-5-7-15(8-6-14)21(24)25/h5-10,13H,2-4,11-12H2,1H3/t13-/m1/s1. The highest BCUT2D eigenvalue weighted by molar-refractivity contribution is 5.89. The summed E-state index contributed by atoms with van der Waals surface area (Å²) in [6.07, 6.45) is 3.01. The van der Waals surface area contributed by atoms with Crippen LogP contribution in [0.25, 0.3) is 11.3 Å². The number of hydrogen-bond donors (Lipinski definition) is 0. The third kappa shape index (κ3) is 4.33. The van der Waals surface area contributed by atoms with E-state index in [4.69, 9.17) is 9.15 Å². The van der Waals surface area contributed by atoms with E-state index in [2.05, 4.69) is 0 Å². The Morgan fingerprint density at radius 2 is 1.96 bits per heavy atom. The van der Waals surface area contributed by atoms with Crippen LogP contribution in [0.5, 0.6) is 0 Å². The van der Waals surface area contributed by atoms with Crippen molar-refractivity contribution in [2.75, 3.05) is 13.2 Å². The lowest BCUT2D eigenvalue weighted by atomic mass is 10.0. The summed E-state index contributed by atoms with van der Waals surface area (Å²) >= 11 is 0. The molecular formula is C19H20N2O6. The number of esters is 1. The molecule has 1 saturated heterocycles. The number of carbonyl (C=O) groups excluding carboxylic acids is 2. The molecule has 1 aromatic heterocycles. The Labute approximate surface area is 155 Å². The Balaban J connectivity index is 1.59. The van der Waals surface area contributed by atoms with Crippen molar-refractivity contribution in [1.82, 2.24) is 4.90 Å². The third-order valence-electron chi connectivity index (χ3n) is 4.62. The number of rotatable bonds is 5. The van der Waals surface area contributed by atoms with Crippen molar-refractivity contribution in [2.24, 2.45) is 0 Å². The van der Waals surface area contributed by atoms with Gasteiger partial charge in [0.25, 0.3) is 11.6 Å². The highest BCUT2D eigenvalue weighted by Gasteiger charge is 2.24. The first-order valence-corrected chi connectivity index (χ1v) is 8.77. The summed E-state index contributed by atoms with van der Waals surface area (Å²) in [7, 11) is 0. The van der Waals surface area contributed by atoms with Gasteiger partial charge in [0.1, 0.15) is 5.76 Å². The predicted molar refractivity (Wildman–Crippen MR) is 96.1 cm³/mol. The average Bonchev–Trinajstić information content (AvgIpc) is 3.16. The summed E-state index contributed by atoms with van der Waals surface area (Å²) in [4.78, 5) is 36.3. The SMILES string of the molecule is C[C@@H]1CCCCN1C(=O)COC(=O)c1ccc(-c2ccc([N+](=O)[O-])cc2)o1. The van der Waals surface area contributed by atoms with E-state index in [1.807, 2.05) is 6.92 Å². The van der Waals surface area contributed by atoms with E-state index in [9.17, 15) is 19.7 Å². The molecule has 0 bridgehead atoms. The van der Waals surface area contributed by atoms with Gasteiger partial charge in [-0.05, 0) is 50.5 Å². The molecule has 27 heavy (non-hydrogen) atoms. The molecule has 1 amide bonds. The van der Waals surface area contributed by atoms with Gasteiger partial charge in [-0.3, -0.25) is 14.9 Å². The van der Waals surface area contributed by atoms with Gasteiger partial charge in [-0.25, -0.2) is 4.79 Å². The number of nitro benzene ring substituents is 1. The van der Waals surface area contributed by atoms with Crippen LogP contribution in [0.1, 0.15) is 36.7 Å². The van der Waals surface area contributed by atoms with Gasteiger partial charge < -0.3 is 14.1 Å². The number of non-ortho nitro benzene ring substituents is 1. The zero-order valence-corrected chi connectivity index (χ0v) is 14.9. The fraction of sp³-hybridized carbons (Fsp3) is 0.368. The van der Waals surface area contributed by atoms with Gasteiger partial charge in [0.15, 0.2) is 6.61 Å².